The summed E-state index contributed by atoms with van der Waals surface area (Å²) in [5.74, 6) is -1.11. The van der Waals surface area contributed by atoms with Crippen LogP contribution in [0.15, 0.2) is 42.5 Å². The zero-order chi connectivity index (χ0) is 22.5. The number of anilines is 2. The van der Waals surface area contributed by atoms with E-state index in [1.807, 2.05) is 0 Å². The van der Waals surface area contributed by atoms with Crippen LogP contribution < -0.4 is 9.62 Å². The molecule has 7 nitrogen and oxygen atoms in total. The van der Waals surface area contributed by atoms with Gasteiger partial charge in [-0.25, -0.2) is 13.2 Å². The first kappa shape index (κ1) is 24.0. The molecule has 1 atom stereocenters. The molecule has 162 valence electrons. The van der Waals surface area contributed by atoms with Crippen molar-refractivity contribution < 1.29 is 22.7 Å². The maximum absolute atomic E-state index is 13.0. The minimum Gasteiger partial charge on any atom is -0.462 e. The lowest BCUT2D eigenvalue weighted by Crippen LogP contribution is -2.47. The Morgan fingerprint density at radius 1 is 1.13 bits per heavy atom. The monoisotopic (exact) mass is 472 g/mol. The molecule has 0 bridgehead atoms. The number of hydrogen-bond acceptors (Lipinski definition) is 5. The molecular weight excluding hydrogens is 451 g/mol. The smallest absolute Gasteiger partial charge is 0.338 e. The average Bonchev–Trinajstić information content (AvgIpc) is 2.66. The van der Waals surface area contributed by atoms with Gasteiger partial charge in [0.15, 0.2) is 0 Å². The van der Waals surface area contributed by atoms with E-state index in [2.05, 4.69) is 5.32 Å². The number of carbonyl (C=O) groups is 2. The van der Waals surface area contributed by atoms with Crippen molar-refractivity contribution in [3.8, 4) is 0 Å². The number of halogens is 2. The van der Waals surface area contributed by atoms with E-state index in [-0.39, 0.29) is 35.0 Å². The molecule has 0 saturated carbocycles. The van der Waals surface area contributed by atoms with Gasteiger partial charge in [-0.2, -0.15) is 0 Å². The first-order valence-electron chi connectivity index (χ1n) is 9.11. The number of amides is 1. The van der Waals surface area contributed by atoms with Gasteiger partial charge in [0.25, 0.3) is 0 Å². The molecule has 1 N–H and O–H groups in total. The molecule has 0 radical (unpaired) electrons. The van der Waals surface area contributed by atoms with Crippen LogP contribution >= 0.6 is 23.2 Å². The van der Waals surface area contributed by atoms with Crippen molar-refractivity contribution in [2.45, 2.75) is 26.3 Å². The van der Waals surface area contributed by atoms with Gasteiger partial charge in [0.1, 0.15) is 6.04 Å². The highest BCUT2D eigenvalue weighted by Gasteiger charge is 2.32. The molecular formula is C20H22Cl2N2O5S. The molecule has 0 unspecified atom stereocenters. The van der Waals surface area contributed by atoms with Gasteiger partial charge in [0, 0.05) is 5.02 Å². The third-order valence-electron chi connectivity index (χ3n) is 4.13. The normalized spacial score (nSPS) is 12.2. The highest BCUT2D eigenvalue weighted by molar-refractivity contribution is 7.92. The van der Waals surface area contributed by atoms with E-state index in [0.717, 1.165) is 10.6 Å². The standard InChI is InChI=1S/C20H22Cl2N2O5S/c1-4-18(24(30(3,27)28)15-8-6-7-14(21)12-15)19(25)23-17-10-9-13(11-16(17)22)20(26)29-5-2/h6-12,18H,4-5H2,1-3H3,(H,23,25)/t18-/m0/s1. The molecule has 10 heteroatoms. The molecule has 0 aliphatic rings. The summed E-state index contributed by atoms with van der Waals surface area (Å²) in [5.41, 5.74) is 0.757. The first-order chi connectivity index (χ1) is 14.1. The van der Waals surface area contributed by atoms with Crippen molar-refractivity contribution >= 4 is 56.5 Å². The van der Waals surface area contributed by atoms with Crippen LogP contribution in [0.5, 0.6) is 0 Å². The highest BCUT2D eigenvalue weighted by Crippen LogP contribution is 2.28. The fourth-order valence-corrected chi connectivity index (χ4v) is 4.46. The zero-order valence-corrected chi connectivity index (χ0v) is 19.0. The maximum atomic E-state index is 13.0. The second-order valence-corrected chi connectivity index (χ2v) is 9.07. The molecule has 0 aliphatic heterocycles. The van der Waals surface area contributed by atoms with E-state index in [1.54, 1.807) is 32.0 Å². The van der Waals surface area contributed by atoms with Gasteiger partial charge >= 0.3 is 5.97 Å². The number of rotatable bonds is 8. The summed E-state index contributed by atoms with van der Waals surface area (Å²) in [6, 6.07) is 9.50. The quantitative estimate of drug-likeness (QED) is 0.576. The van der Waals surface area contributed by atoms with Crippen molar-refractivity contribution in [3.05, 3.63) is 58.1 Å². The van der Waals surface area contributed by atoms with Gasteiger partial charge < -0.3 is 10.1 Å². The molecule has 0 fully saturated rings. The molecule has 0 spiro atoms. The van der Waals surface area contributed by atoms with Crippen molar-refractivity contribution in [1.82, 2.24) is 0 Å². The van der Waals surface area contributed by atoms with E-state index in [9.17, 15) is 18.0 Å². The predicted molar refractivity (Wildman–Crippen MR) is 119 cm³/mol. The minimum atomic E-state index is -3.80. The molecule has 0 aromatic heterocycles. The third kappa shape index (κ3) is 5.87. The lowest BCUT2D eigenvalue weighted by molar-refractivity contribution is -0.117. The second-order valence-electron chi connectivity index (χ2n) is 6.37. The Bertz CT molecular complexity index is 1040. The number of benzene rings is 2. The molecule has 30 heavy (non-hydrogen) atoms. The van der Waals surface area contributed by atoms with E-state index in [0.29, 0.717) is 5.02 Å². The van der Waals surface area contributed by atoms with Crippen LogP contribution in [0.3, 0.4) is 0 Å². The van der Waals surface area contributed by atoms with Crippen LogP contribution in [-0.2, 0) is 19.6 Å². The SMILES string of the molecule is CCOC(=O)c1ccc(NC(=O)[C@H](CC)N(c2cccc(Cl)c2)S(C)(=O)=O)c(Cl)c1. The van der Waals surface area contributed by atoms with Crippen molar-refractivity contribution in [2.75, 3.05) is 22.5 Å². The summed E-state index contributed by atoms with van der Waals surface area (Å²) in [6.45, 7) is 3.60. The molecule has 0 aliphatic carbocycles. The molecule has 2 aromatic carbocycles. The van der Waals surface area contributed by atoms with Gasteiger partial charge in [-0.15, -0.1) is 0 Å². The molecule has 0 heterocycles. The Morgan fingerprint density at radius 3 is 2.37 bits per heavy atom. The second kappa shape index (κ2) is 10.1. The zero-order valence-electron chi connectivity index (χ0n) is 16.7. The number of sulfonamides is 1. The van der Waals surface area contributed by atoms with Crippen LogP contribution in [-0.4, -0.2) is 39.2 Å². The molecule has 0 saturated heterocycles. The summed E-state index contributed by atoms with van der Waals surface area (Å²) in [6.07, 6.45) is 1.22. The van der Waals surface area contributed by atoms with Crippen LogP contribution in [0, 0.1) is 0 Å². The van der Waals surface area contributed by atoms with Crippen LogP contribution in [0.1, 0.15) is 30.6 Å². The van der Waals surface area contributed by atoms with E-state index < -0.39 is 27.9 Å². The fraction of sp³-hybridized carbons (Fsp3) is 0.300. The molecule has 2 aromatic rings. The summed E-state index contributed by atoms with van der Waals surface area (Å²) in [4.78, 5) is 24.8. The minimum absolute atomic E-state index is 0.123. The number of nitrogens with one attached hydrogen (secondary N) is 1. The Kier molecular flexibility index (Phi) is 8.11. The summed E-state index contributed by atoms with van der Waals surface area (Å²) in [7, 11) is -3.80. The van der Waals surface area contributed by atoms with Gasteiger partial charge in [-0.05, 0) is 49.7 Å². The van der Waals surface area contributed by atoms with Crippen LogP contribution in [0.4, 0.5) is 11.4 Å². The summed E-state index contributed by atoms with van der Waals surface area (Å²) in [5, 5.41) is 3.10. The largest absolute Gasteiger partial charge is 0.462 e. The maximum Gasteiger partial charge on any atom is 0.338 e. The van der Waals surface area contributed by atoms with Gasteiger partial charge in [-0.1, -0.05) is 36.2 Å². The van der Waals surface area contributed by atoms with Gasteiger partial charge in [-0.3, -0.25) is 9.10 Å². The Morgan fingerprint density at radius 2 is 1.83 bits per heavy atom. The van der Waals surface area contributed by atoms with Crippen molar-refractivity contribution in [3.63, 3.8) is 0 Å². The lowest BCUT2D eigenvalue weighted by atomic mass is 10.1. The van der Waals surface area contributed by atoms with E-state index in [1.165, 1.54) is 24.3 Å². The average molecular weight is 473 g/mol. The van der Waals surface area contributed by atoms with E-state index in [4.69, 9.17) is 27.9 Å². The Hall–Kier alpha value is -2.29. The van der Waals surface area contributed by atoms with E-state index >= 15 is 0 Å². The highest BCUT2D eigenvalue weighted by atomic mass is 35.5. The van der Waals surface area contributed by atoms with Crippen LogP contribution in [0.2, 0.25) is 10.0 Å². The van der Waals surface area contributed by atoms with Crippen LogP contribution in [0.25, 0.3) is 0 Å². The third-order valence-corrected chi connectivity index (χ3v) is 5.86. The number of nitrogens with zero attached hydrogens (tertiary/aromatic N) is 1. The number of ether oxygens (including phenoxy) is 1. The van der Waals surface area contributed by atoms with Gasteiger partial charge in [0.2, 0.25) is 15.9 Å². The molecule has 1 amide bonds. The Labute approximate surface area is 186 Å². The molecule has 2 rings (SSSR count). The number of hydrogen-bond donors (Lipinski definition) is 1. The Balaban J connectivity index is 2.33. The summed E-state index contributed by atoms with van der Waals surface area (Å²) < 4.78 is 30.9. The van der Waals surface area contributed by atoms with Crippen molar-refractivity contribution in [1.29, 1.82) is 0 Å². The number of carbonyl (C=O) groups excluding carboxylic acids is 2. The topological polar surface area (TPSA) is 92.8 Å². The lowest BCUT2D eigenvalue weighted by Gasteiger charge is -2.30. The fourth-order valence-electron chi connectivity index (χ4n) is 2.85. The first-order valence-corrected chi connectivity index (χ1v) is 11.7. The predicted octanol–water partition coefficient (Wildman–Crippen LogP) is 4.35. The summed E-state index contributed by atoms with van der Waals surface area (Å²) >= 11 is 12.2. The van der Waals surface area contributed by atoms with Crippen molar-refractivity contribution in [2.24, 2.45) is 0 Å². The van der Waals surface area contributed by atoms with Gasteiger partial charge in [0.05, 0.1) is 34.8 Å². The number of esters is 1.